The molecule has 1 aromatic rings. The van der Waals surface area contributed by atoms with E-state index in [2.05, 4.69) is 5.32 Å². The first-order valence-corrected chi connectivity index (χ1v) is 5.32. The number of hydrogen-bond acceptors (Lipinski definition) is 2. The Kier molecular flexibility index (Phi) is 4.69. The highest BCUT2D eigenvalue weighted by Gasteiger charge is 2.30. The molecule has 5 heteroatoms. The van der Waals surface area contributed by atoms with Crippen LogP contribution in [0.2, 0.25) is 0 Å². The largest absolute Gasteiger partial charge is 0.416 e. The normalized spacial score (nSPS) is 11.5. The van der Waals surface area contributed by atoms with Gasteiger partial charge in [0.25, 0.3) is 0 Å². The number of nitrogens with one attached hydrogen (secondary N) is 1. The van der Waals surface area contributed by atoms with Crippen molar-refractivity contribution < 1.29 is 18.0 Å². The van der Waals surface area contributed by atoms with Gasteiger partial charge in [-0.15, -0.1) is 0 Å². The van der Waals surface area contributed by atoms with Crippen LogP contribution < -0.4 is 5.32 Å². The Morgan fingerprint density at radius 2 is 2.06 bits per heavy atom. The zero-order valence-electron chi connectivity index (χ0n) is 9.47. The van der Waals surface area contributed by atoms with Gasteiger partial charge in [-0.2, -0.15) is 13.2 Å². The van der Waals surface area contributed by atoms with E-state index in [4.69, 9.17) is 0 Å². The van der Waals surface area contributed by atoms with Crippen molar-refractivity contribution in [2.24, 2.45) is 0 Å². The molecule has 0 saturated carbocycles. The molecular formula is C12H14F3NO. The number of hydrogen-bond donors (Lipinski definition) is 1. The van der Waals surface area contributed by atoms with Crippen molar-refractivity contribution in [3.8, 4) is 0 Å². The van der Waals surface area contributed by atoms with E-state index < -0.39 is 11.7 Å². The minimum absolute atomic E-state index is 0.0247. The second kappa shape index (κ2) is 5.82. The maximum absolute atomic E-state index is 12.4. The topological polar surface area (TPSA) is 29.1 Å². The molecule has 2 nitrogen and oxygen atoms in total. The first-order valence-electron chi connectivity index (χ1n) is 5.32. The van der Waals surface area contributed by atoms with E-state index in [0.29, 0.717) is 12.1 Å². The van der Waals surface area contributed by atoms with Crippen molar-refractivity contribution in [1.82, 2.24) is 5.32 Å². The van der Waals surface area contributed by atoms with Gasteiger partial charge in [-0.05, 0) is 18.2 Å². The monoisotopic (exact) mass is 245 g/mol. The van der Waals surface area contributed by atoms with Crippen molar-refractivity contribution >= 4 is 5.78 Å². The summed E-state index contributed by atoms with van der Waals surface area (Å²) in [5.74, 6) is -0.119. The standard InChI is InChI=1S/C12H14F3NO/c1-2-16-8-11(17)7-9-4-3-5-10(6-9)12(13,14)15/h3-6,16H,2,7-8H2,1H3. The number of Topliss-reactive ketones (excluding diaryl/α,β-unsaturated/α-hetero) is 1. The zero-order valence-corrected chi connectivity index (χ0v) is 9.47. The summed E-state index contributed by atoms with van der Waals surface area (Å²) in [6, 6.07) is 4.86. The molecule has 0 radical (unpaired) electrons. The molecule has 0 atom stereocenters. The maximum Gasteiger partial charge on any atom is 0.416 e. The van der Waals surface area contributed by atoms with Gasteiger partial charge in [-0.1, -0.05) is 25.1 Å². The third-order valence-corrected chi connectivity index (χ3v) is 2.23. The number of ketones is 1. The quantitative estimate of drug-likeness (QED) is 0.863. The number of benzene rings is 1. The van der Waals surface area contributed by atoms with E-state index in [1.807, 2.05) is 6.92 Å². The Hall–Kier alpha value is -1.36. The number of alkyl halides is 3. The first kappa shape index (κ1) is 13.7. The second-order valence-corrected chi connectivity index (χ2v) is 3.69. The highest BCUT2D eigenvalue weighted by atomic mass is 19.4. The van der Waals surface area contributed by atoms with Crippen LogP contribution in [0.4, 0.5) is 13.2 Å². The Bertz CT molecular complexity index is 388. The lowest BCUT2D eigenvalue weighted by atomic mass is 10.1. The summed E-state index contributed by atoms with van der Waals surface area (Å²) in [5, 5.41) is 2.84. The lowest BCUT2D eigenvalue weighted by Crippen LogP contribution is -2.23. The Balaban J connectivity index is 2.69. The zero-order chi connectivity index (χ0) is 12.9. The van der Waals surface area contributed by atoms with E-state index in [0.717, 1.165) is 12.1 Å². The molecule has 0 saturated heterocycles. The fourth-order valence-electron chi connectivity index (χ4n) is 1.41. The van der Waals surface area contributed by atoms with Gasteiger partial charge in [0.1, 0.15) is 0 Å². The van der Waals surface area contributed by atoms with Crippen molar-refractivity contribution in [1.29, 1.82) is 0 Å². The summed E-state index contributed by atoms with van der Waals surface area (Å²) in [6.07, 6.45) is -4.34. The molecule has 0 heterocycles. The molecule has 0 fully saturated rings. The van der Waals surface area contributed by atoms with Crippen molar-refractivity contribution in [3.63, 3.8) is 0 Å². The van der Waals surface area contributed by atoms with Gasteiger partial charge in [0.15, 0.2) is 5.78 Å². The minimum Gasteiger partial charge on any atom is -0.310 e. The van der Waals surface area contributed by atoms with Crippen molar-refractivity contribution in [2.45, 2.75) is 19.5 Å². The summed E-state index contributed by atoms with van der Waals surface area (Å²) in [4.78, 5) is 11.4. The van der Waals surface area contributed by atoms with E-state index in [-0.39, 0.29) is 18.7 Å². The number of halogens is 3. The molecule has 17 heavy (non-hydrogen) atoms. The average Bonchev–Trinajstić information content (AvgIpc) is 2.25. The van der Waals surface area contributed by atoms with Crippen LogP contribution in [0.15, 0.2) is 24.3 Å². The molecule has 0 aliphatic heterocycles. The lowest BCUT2D eigenvalue weighted by molar-refractivity contribution is -0.137. The second-order valence-electron chi connectivity index (χ2n) is 3.69. The molecule has 0 aliphatic carbocycles. The third kappa shape index (κ3) is 4.56. The summed E-state index contributed by atoms with van der Waals surface area (Å²) in [5.41, 5.74) is -0.325. The maximum atomic E-state index is 12.4. The smallest absolute Gasteiger partial charge is 0.310 e. The van der Waals surface area contributed by atoms with Crippen LogP contribution in [-0.4, -0.2) is 18.9 Å². The van der Waals surface area contributed by atoms with E-state index in [9.17, 15) is 18.0 Å². The summed E-state index contributed by atoms with van der Waals surface area (Å²) in [6.45, 7) is 2.71. The van der Waals surface area contributed by atoms with Crippen LogP contribution in [0.5, 0.6) is 0 Å². The fourth-order valence-corrected chi connectivity index (χ4v) is 1.41. The molecule has 1 rings (SSSR count). The molecule has 1 N–H and O–H groups in total. The average molecular weight is 245 g/mol. The fraction of sp³-hybridized carbons (Fsp3) is 0.417. The van der Waals surface area contributed by atoms with Gasteiger partial charge >= 0.3 is 6.18 Å². The van der Waals surface area contributed by atoms with Crippen LogP contribution in [0.25, 0.3) is 0 Å². The summed E-state index contributed by atoms with van der Waals surface area (Å²) >= 11 is 0. The Labute approximate surface area is 97.8 Å². The Morgan fingerprint density at radius 1 is 1.35 bits per heavy atom. The van der Waals surface area contributed by atoms with E-state index in [1.54, 1.807) is 0 Å². The first-order chi connectivity index (χ1) is 7.93. The van der Waals surface area contributed by atoms with Gasteiger partial charge in [0.2, 0.25) is 0 Å². The van der Waals surface area contributed by atoms with Crippen LogP contribution in [0, 0.1) is 0 Å². The lowest BCUT2D eigenvalue weighted by Gasteiger charge is -2.08. The van der Waals surface area contributed by atoms with Crippen LogP contribution in [-0.2, 0) is 17.4 Å². The van der Waals surface area contributed by atoms with Crippen LogP contribution in [0.1, 0.15) is 18.1 Å². The van der Waals surface area contributed by atoms with E-state index >= 15 is 0 Å². The summed E-state index contributed by atoms with van der Waals surface area (Å²) in [7, 11) is 0. The molecular weight excluding hydrogens is 231 g/mol. The number of rotatable bonds is 5. The number of carbonyl (C=O) groups excluding carboxylic acids is 1. The molecule has 0 unspecified atom stereocenters. The molecule has 0 aliphatic rings. The Morgan fingerprint density at radius 3 is 2.65 bits per heavy atom. The van der Waals surface area contributed by atoms with Gasteiger partial charge in [0, 0.05) is 6.42 Å². The number of likely N-dealkylation sites (N-methyl/N-ethyl adjacent to an activating group) is 1. The highest BCUT2D eigenvalue weighted by molar-refractivity contribution is 5.82. The van der Waals surface area contributed by atoms with Crippen LogP contribution in [0.3, 0.4) is 0 Å². The van der Waals surface area contributed by atoms with Crippen LogP contribution >= 0.6 is 0 Å². The van der Waals surface area contributed by atoms with Crippen molar-refractivity contribution in [2.75, 3.05) is 13.1 Å². The van der Waals surface area contributed by atoms with Gasteiger partial charge in [0.05, 0.1) is 12.1 Å². The third-order valence-electron chi connectivity index (χ3n) is 2.23. The predicted octanol–water partition coefficient (Wildman–Crippen LogP) is 2.43. The molecule has 0 amide bonds. The molecule has 94 valence electrons. The predicted molar refractivity (Wildman–Crippen MR) is 58.7 cm³/mol. The highest BCUT2D eigenvalue weighted by Crippen LogP contribution is 2.29. The van der Waals surface area contributed by atoms with E-state index in [1.165, 1.54) is 12.1 Å². The number of carbonyl (C=O) groups is 1. The summed E-state index contributed by atoms with van der Waals surface area (Å²) < 4.78 is 37.2. The molecule has 0 spiro atoms. The SMILES string of the molecule is CCNCC(=O)Cc1cccc(C(F)(F)F)c1. The molecule has 0 bridgehead atoms. The van der Waals surface area contributed by atoms with Gasteiger partial charge < -0.3 is 5.32 Å². The van der Waals surface area contributed by atoms with Crippen molar-refractivity contribution in [3.05, 3.63) is 35.4 Å². The molecule has 0 aromatic heterocycles. The van der Waals surface area contributed by atoms with Gasteiger partial charge in [-0.25, -0.2) is 0 Å². The molecule has 1 aromatic carbocycles. The minimum atomic E-state index is -4.36. The van der Waals surface area contributed by atoms with Gasteiger partial charge in [-0.3, -0.25) is 4.79 Å².